The molecular weight excluding hydrogens is 356 g/mol. The number of amides is 1. The molecule has 0 aliphatic heterocycles. The summed E-state index contributed by atoms with van der Waals surface area (Å²) in [6, 6.07) is 9.17. The van der Waals surface area contributed by atoms with E-state index in [2.05, 4.69) is 20.5 Å². The van der Waals surface area contributed by atoms with E-state index in [0.29, 0.717) is 0 Å². The molecule has 1 amide bonds. The summed E-state index contributed by atoms with van der Waals surface area (Å²) in [5.74, 6) is -1.18. The topological polar surface area (TPSA) is 186 Å². The van der Waals surface area contributed by atoms with E-state index in [9.17, 15) is 14.7 Å². The number of ether oxygens (including phenoxy) is 1. The van der Waals surface area contributed by atoms with E-state index in [1.807, 2.05) is 0 Å². The van der Waals surface area contributed by atoms with Crippen LogP contribution in [0.25, 0.3) is 0 Å². The highest BCUT2D eigenvalue weighted by Crippen LogP contribution is 2.30. The van der Waals surface area contributed by atoms with Gasteiger partial charge in [-0.2, -0.15) is 0 Å². The van der Waals surface area contributed by atoms with Crippen molar-refractivity contribution >= 4 is 34.9 Å². The van der Waals surface area contributed by atoms with E-state index >= 15 is 0 Å². The van der Waals surface area contributed by atoms with Gasteiger partial charge in [0.1, 0.15) is 17.2 Å². The van der Waals surface area contributed by atoms with Gasteiger partial charge in [0.15, 0.2) is 17.7 Å². The average molecular weight is 374 g/mol. The van der Waals surface area contributed by atoms with Gasteiger partial charge in [0.25, 0.3) is 0 Å². The maximum atomic E-state index is 11.6. The molecule has 0 unspecified atom stereocenters. The Kier molecular flexibility index (Phi) is 6.88. The van der Waals surface area contributed by atoms with Crippen LogP contribution >= 0.6 is 0 Å². The maximum absolute atomic E-state index is 11.6. The Morgan fingerprint density at radius 3 is 2.56 bits per heavy atom. The molecule has 0 aliphatic carbocycles. The number of carbonyl (C=O) groups is 2. The minimum Gasteiger partial charge on any atom is -0.422 e. The number of pyridine rings is 1. The number of anilines is 2. The third-order valence-corrected chi connectivity index (χ3v) is 3.14. The summed E-state index contributed by atoms with van der Waals surface area (Å²) in [4.78, 5) is 26.8. The normalized spacial score (nSPS) is 12.0. The van der Waals surface area contributed by atoms with Crippen LogP contribution in [-0.2, 0) is 9.59 Å². The Balaban J connectivity index is 2.18. The number of esters is 1. The number of hydrogen-bond donors (Lipinski definition) is 5. The van der Waals surface area contributed by atoms with Gasteiger partial charge in [0.05, 0.1) is 13.2 Å². The highest BCUT2D eigenvalue weighted by molar-refractivity contribution is 5.91. The van der Waals surface area contributed by atoms with Crippen molar-refractivity contribution in [3.05, 3.63) is 36.4 Å². The lowest BCUT2D eigenvalue weighted by Gasteiger charge is -2.09. The molecule has 11 nitrogen and oxygen atoms in total. The molecule has 1 aromatic carbocycles. The fourth-order valence-electron chi connectivity index (χ4n) is 1.80. The van der Waals surface area contributed by atoms with Gasteiger partial charge in [-0.05, 0) is 24.3 Å². The van der Waals surface area contributed by atoms with Crippen molar-refractivity contribution in [2.75, 3.05) is 24.2 Å². The Bertz CT molecular complexity index is 857. The second-order valence-electron chi connectivity index (χ2n) is 5.14. The fourth-order valence-corrected chi connectivity index (χ4v) is 1.80. The average Bonchev–Trinajstić information content (AvgIpc) is 2.67. The number of aliphatic hydroxyl groups excluding tert-OH is 2. The molecule has 0 aliphatic rings. The predicted octanol–water partition coefficient (Wildman–Crippen LogP) is 0.235. The van der Waals surface area contributed by atoms with Crippen molar-refractivity contribution in [3.8, 4) is 5.75 Å². The maximum Gasteiger partial charge on any atom is 0.342 e. The highest BCUT2D eigenvalue weighted by atomic mass is 16.6. The summed E-state index contributed by atoms with van der Waals surface area (Å²) in [5, 5.41) is 28.4. The van der Waals surface area contributed by atoms with Gasteiger partial charge in [-0.1, -0.05) is 12.1 Å². The molecule has 142 valence electrons. The van der Waals surface area contributed by atoms with Crippen LogP contribution in [0, 0.1) is 0 Å². The molecule has 2 aromatic rings. The van der Waals surface area contributed by atoms with Crippen LogP contribution < -0.4 is 21.5 Å². The highest BCUT2D eigenvalue weighted by Gasteiger charge is 2.17. The number of para-hydroxylation sites is 1. The standard InChI is InChI=1S/C16H18N6O5/c17-7-14(25)19-13-6-5-10(15(18)20-13)22-21-9-3-1-2-4-12(9)27-16(26)11(24)8-23/h1-6,11,23-24H,7-8,17H2,(H3,18,19,20,25)/t11-/m0/s1. The Labute approximate surface area is 153 Å². The second-order valence-corrected chi connectivity index (χ2v) is 5.14. The molecule has 0 radical (unpaired) electrons. The van der Waals surface area contributed by atoms with Gasteiger partial charge in [-0.3, -0.25) is 4.79 Å². The molecule has 0 bridgehead atoms. The molecule has 1 aromatic heterocycles. The molecule has 0 saturated heterocycles. The van der Waals surface area contributed by atoms with Gasteiger partial charge < -0.3 is 31.7 Å². The molecule has 0 saturated carbocycles. The summed E-state index contributed by atoms with van der Waals surface area (Å²) >= 11 is 0. The van der Waals surface area contributed by atoms with E-state index in [-0.39, 0.29) is 35.3 Å². The number of hydrogen-bond acceptors (Lipinski definition) is 10. The number of nitrogens with zero attached hydrogens (tertiary/aromatic N) is 3. The summed E-state index contributed by atoms with van der Waals surface area (Å²) in [5.41, 5.74) is 11.4. The number of carbonyl (C=O) groups excluding carboxylic acids is 2. The zero-order valence-electron chi connectivity index (χ0n) is 14.1. The fraction of sp³-hybridized carbons (Fsp3) is 0.188. The second kappa shape index (κ2) is 9.33. The molecule has 11 heteroatoms. The number of aromatic nitrogens is 1. The van der Waals surface area contributed by atoms with E-state index in [4.69, 9.17) is 21.3 Å². The van der Waals surface area contributed by atoms with Gasteiger partial charge in [-0.15, -0.1) is 10.2 Å². The zero-order valence-corrected chi connectivity index (χ0v) is 14.1. The number of nitrogens with one attached hydrogen (secondary N) is 1. The van der Waals surface area contributed by atoms with Gasteiger partial charge >= 0.3 is 5.97 Å². The molecule has 1 heterocycles. The lowest BCUT2D eigenvalue weighted by molar-refractivity contribution is -0.145. The molecule has 0 fully saturated rings. The van der Waals surface area contributed by atoms with Crippen LogP contribution in [0.3, 0.4) is 0 Å². The number of rotatable bonds is 7. The van der Waals surface area contributed by atoms with Crippen LogP contribution in [0.4, 0.5) is 23.0 Å². The van der Waals surface area contributed by atoms with Crippen LogP contribution in [0.15, 0.2) is 46.6 Å². The molecule has 1 atom stereocenters. The Hall–Kier alpha value is -3.41. The van der Waals surface area contributed by atoms with E-state index < -0.39 is 24.6 Å². The SMILES string of the molecule is NCC(=O)Nc1ccc(N=Nc2ccccc2OC(=O)[C@@H](O)CO)c(N)n1. The number of nitrogen functional groups attached to an aromatic ring is 1. The van der Waals surface area contributed by atoms with Crippen molar-refractivity contribution < 1.29 is 24.5 Å². The first kappa shape index (κ1) is 19.9. The van der Waals surface area contributed by atoms with Crippen molar-refractivity contribution in [1.29, 1.82) is 0 Å². The van der Waals surface area contributed by atoms with Crippen molar-refractivity contribution in [2.24, 2.45) is 16.0 Å². The largest absolute Gasteiger partial charge is 0.422 e. The smallest absolute Gasteiger partial charge is 0.342 e. The first-order valence-electron chi connectivity index (χ1n) is 7.72. The Morgan fingerprint density at radius 1 is 1.19 bits per heavy atom. The third kappa shape index (κ3) is 5.54. The van der Waals surface area contributed by atoms with Crippen molar-refractivity contribution in [3.63, 3.8) is 0 Å². The molecule has 0 spiro atoms. The van der Waals surface area contributed by atoms with Crippen molar-refractivity contribution in [2.45, 2.75) is 6.10 Å². The molecule has 2 rings (SSSR count). The lowest BCUT2D eigenvalue weighted by Crippen LogP contribution is -2.28. The van der Waals surface area contributed by atoms with Crippen molar-refractivity contribution in [1.82, 2.24) is 4.98 Å². The minimum absolute atomic E-state index is 0.0127. The summed E-state index contributed by atoms with van der Waals surface area (Å²) in [7, 11) is 0. The summed E-state index contributed by atoms with van der Waals surface area (Å²) < 4.78 is 4.98. The number of benzene rings is 1. The lowest BCUT2D eigenvalue weighted by atomic mass is 10.3. The van der Waals surface area contributed by atoms with Crippen LogP contribution in [0.2, 0.25) is 0 Å². The van der Waals surface area contributed by atoms with Crippen LogP contribution in [-0.4, -0.2) is 46.3 Å². The van der Waals surface area contributed by atoms with Gasteiger partial charge in [0.2, 0.25) is 5.91 Å². The van der Waals surface area contributed by atoms with Crippen LogP contribution in [0.5, 0.6) is 5.75 Å². The summed E-state index contributed by atoms with van der Waals surface area (Å²) in [6.07, 6.45) is -1.66. The van der Waals surface area contributed by atoms with E-state index in [1.54, 1.807) is 12.1 Å². The monoisotopic (exact) mass is 374 g/mol. The molecule has 7 N–H and O–H groups in total. The zero-order chi connectivity index (χ0) is 19.8. The van der Waals surface area contributed by atoms with E-state index in [1.165, 1.54) is 24.3 Å². The van der Waals surface area contributed by atoms with Gasteiger partial charge in [0, 0.05) is 0 Å². The minimum atomic E-state index is -1.66. The number of nitrogens with two attached hydrogens (primary N) is 2. The quantitative estimate of drug-likeness (QED) is 0.259. The van der Waals surface area contributed by atoms with E-state index in [0.717, 1.165) is 0 Å². The first-order valence-corrected chi connectivity index (χ1v) is 7.72. The van der Waals surface area contributed by atoms with Crippen LogP contribution in [0.1, 0.15) is 0 Å². The number of azo groups is 1. The number of aliphatic hydroxyl groups is 2. The van der Waals surface area contributed by atoms with Gasteiger partial charge in [-0.25, -0.2) is 9.78 Å². The molecule has 27 heavy (non-hydrogen) atoms. The molecular formula is C16H18N6O5. The first-order chi connectivity index (χ1) is 12.9. The Morgan fingerprint density at radius 2 is 1.89 bits per heavy atom. The predicted molar refractivity (Wildman–Crippen MR) is 95.7 cm³/mol. The third-order valence-electron chi connectivity index (χ3n) is 3.14. The summed E-state index contributed by atoms with van der Waals surface area (Å²) in [6.45, 7) is -0.957.